The molecule has 0 aromatic carbocycles. The van der Waals surface area contributed by atoms with Crippen LogP contribution >= 0.6 is 0 Å². The Bertz CT molecular complexity index is 271. The normalized spacial score (nSPS) is 10.2. The molecule has 0 spiro atoms. The molecular formula is C11H17NO5. The van der Waals surface area contributed by atoms with Crippen molar-refractivity contribution in [1.82, 2.24) is 0 Å². The highest BCUT2D eigenvalue weighted by Crippen LogP contribution is 1.84. The molecule has 0 aliphatic rings. The summed E-state index contributed by atoms with van der Waals surface area (Å²) in [6, 6.07) is 0. The van der Waals surface area contributed by atoms with Gasteiger partial charge >= 0.3 is 5.97 Å². The number of carbonyl (C=O) groups excluding carboxylic acids is 2. The van der Waals surface area contributed by atoms with E-state index in [1.54, 1.807) is 13.0 Å². The third-order valence-corrected chi connectivity index (χ3v) is 1.56. The zero-order chi connectivity index (χ0) is 12.8. The number of rotatable bonds is 10. The van der Waals surface area contributed by atoms with Crippen molar-refractivity contribution in [3.05, 3.63) is 12.2 Å². The summed E-state index contributed by atoms with van der Waals surface area (Å²) in [4.78, 5) is 23.9. The molecule has 0 aliphatic carbocycles. The van der Waals surface area contributed by atoms with Crippen molar-refractivity contribution >= 4 is 12.0 Å². The van der Waals surface area contributed by atoms with Gasteiger partial charge in [-0.3, -0.25) is 0 Å². The number of nitrogens with zero attached hydrogens (tertiary/aromatic N) is 1. The molecule has 0 aliphatic heterocycles. The molecule has 0 bridgehead atoms. The predicted octanol–water partition coefficient (Wildman–Crippen LogP) is 0.475. The van der Waals surface area contributed by atoms with Gasteiger partial charge in [-0.05, 0) is 6.92 Å². The lowest BCUT2D eigenvalue weighted by atomic mass is 10.5. The first-order valence-corrected chi connectivity index (χ1v) is 5.29. The maximum Gasteiger partial charge on any atom is 0.330 e. The van der Waals surface area contributed by atoms with Crippen LogP contribution in [0.1, 0.15) is 6.92 Å². The topological polar surface area (TPSA) is 74.2 Å². The van der Waals surface area contributed by atoms with Gasteiger partial charge in [0.05, 0.1) is 33.0 Å². The van der Waals surface area contributed by atoms with E-state index in [0.717, 1.165) is 0 Å². The number of isocyanates is 1. The van der Waals surface area contributed by atoms with Crippen molar-refractivity contribution < 1.29 is 23.8 Å². The number of hydrogen-bond donors (Lipinski definition) is 0. The zero-order valence-corrected chi connectivity index (χ0v) is 9.89. The summed E-state index contributed by atoms with van der Waals surface area (Å²) < 4.78 is 15.0. The molecule has 0 rings (SSSR count). The third kappa shape index (κ3) is 12.4. The van der Waals surface area contributed by atoms with Crippen LogP contribution in [0, 0.1) is 0 Å². The Morgan fingerprint density at radius 3 is 2.47 bits per heavy atom. The monoisotopic (exact) mass is 243 g/mol. The van der Waals surface area contributed by atoms with Crippen LogP contribution in [0.3, 0.4) is 0 Å². The van der Waals surface area contributed by atoms with E-state index in [2.05, 4.69) is 4.99 Å². The number of allylic oxidation sites excluding steroid dienone is 1. The summed E-state index contributed by atoms with van der Waals surface area (Å²) >= 11 is 0. The van der Waals surface area contributed by atoms with Crippen molar-refractivity contribution in [1.29, 1.82) is 0 Å². The predicted molar refractivity (Wildman–Crippen MR) is 60.4 cm³/mol. The quantitative estimate of drug-likeness (QED) is 0.183. The van der Waals surface area contributed by atoms with Crippen molar-refractivity contribution in [2.45, 2.75) is 6.92 Å². The molecule has 0 N–H and O–H groups in total. The molecule has 6 heteroatoms. The Balaban J connectivity index is 3.13. The summed E-state index contributed by atoms with van der Waals surface area (Å²) in [6.45, 7) is 3.80. The smallest absolute Gasteiger partial charge is 0.330 e. The van der Waals surface area contributed by atoms with E-state index >= 15 is 0 Å². The first kappa shape index (κ1) is 15.5. The van der Waals surface area contributed by atoms with Crippen LogP contribution in [0.5, 0.6) is 0 Å². The molecule has 0 radical (unpaired) electrons. The molecular weight excluding hydrogens is 226 g/mol. The summed E-state index contributed by atoms with van der Waals surface area (Å²) in [5.41, 5.74) is 0. The highest BCUT2D eigenvalue weighted by Gasteiger charge is 1.95. The molecule has 0 heterocycles. The fourth-order valence-corrected chi connectivity index (χ4v) is 0.863. The van der Waals surface area contributed by atoms with Crippen molar-refractivity contribution in [2.75, 3.05) is 39.6 Å². The zero-order valence-electron chi connectivity index (χ0n) is 9.89. The Labute approximate surface area is 100 Å². The van der Waals surface area contributed by atoms with Crippen LogP contribution < -0.4 is 0 Å². The van der Waals surface area contributed by atoms with E-state index in [4.69, 9.17) is 14.2 Å². The summed E-state index contributed by atoms with van der Waals surface area (Å²) in [6.07, 6.45) is 4.37. The number of aliphatic imine (C=N–C) groups is 1. The second kappa shape index (κ2) is 12.6. The molecule has 0 saturated carbocycles. The third-order valence-electron chi connectivity index (χ3n) is 1.56. The molecule has 0 unspecified atom stereocenters. The Kier molecular flexibility index (Phi) is 11.5. The molecule has 0 saturated heterocycles. The molecule has 96 valence electrons. The summed E-state index contributed by atoms with van der Waals surface area (Å²) in [5, 5.41) is 0. The second-order valence-corrected chi connectivity index (χ2v) is 2.87. The second-order valence-electron chi connectivity index (χ2n) is 2.87. The van der Waals surface area contributed by atoms with Crippen LogP contribution in [0.25, 0.3) is 0 Å². The van der Waals surface area contributed by atoms with Crippen molar-refractivity contribution in [2.24, 2.45) is 4.99 Å². The maximum absolute atomic E-state index is 10.8. The first-order valence-electron chi connectivity index (χ1n) is 5.29. The molecule has 0 amide bonds. The SMILES string of the molecule is CC=CC(=O)OCCOCCOCCN=C=O. The number of ether oxygens (including phenoxy) is 3. The highest BCUT2D eigenvalue weighted by molar-refractivity contribution is 5.81. The molecule has 0 fully saturated rings. The van der Waals surface area contributed by atoms with Gasteiger partial charge in [-0.2, -0.15) is 0 Å². The van der Waals surface area contributed by atoms with Crippen LogP contribution in [-0.2, 0) is 23.8 Å². The minimum absolute atomic E-state index is 0.221. The van der Waals surface area contributed by atoms with E-state index in [1.165, 1.54) is 12.2 Å². The van der Waals surface area contributed by atoms with Gasteiger partial charge in [0.15, 0.2) is 0 Å². The van der Waals surface area contributed by atoms with Crippen LogP contribution in [0.2, 0.25) is 0 Å². The molecule has 0 aromatic rings. The van der Waals surface area contributed by atoms with Gasteiger partial charge in [-0.1, -0.05) is 6.08 Å². The van der Waals surface area contributed by atoms with Gasteiger partial charge in [0.2, 0.25) is 6.08 Å². The summed E-state index contributed by atoms with van der Waals surface area (Å²) in [7, 11) is 0. The first-order chi connectivity index (χ1) is 8.31. The summed E-state index contributed by atoms with van der Waals surface area (Å²) in [5.74, 6) is -0.376. The van der Waals surface area contributed by atoms with E-state index < -0.39 is 0 Å². The van der Waals surface area contributed by atoms with Gasteiger partial charge in [-0.15, -0.1) is 0 Å². The van der Waals surface area contributed by atoms with Crippen molar-refractivity contribution in [3.63, 3.8) is 0 Å². The highest BCUT2D eigenvalue weighted by atomic mass is 16.6. The van der Waals surface area contributed by atoms with Gasteiger partial charge in [-0.25, -0.2) is 14.6 Å². The number of carbonyl (C=O) groups is 1. The lowest BCUT2D eigenvalue weighted by molar-refractivity contribution is -0.139. The van der Waals surface area contributed by atoms with Crippen LogP contribution in [0.15, 0.2) is 17.1 Å². The number of hydrogen-bond acceptors (Lipinski definition) is 6. The Morgan fingerprint density at radius 2 is 1.82 bits per heavy atom. The minimum atomic E-state index is -0.376. The van der Waals surface area contributed by atoms with Gasteiger partial charge in [0.1, 0.15) is 6.61 Å². The average Bonchev–Trinajstić information content (AvgIpc) is 2.32. The van der Waals surface area contributed by atoms with Gasteiger partial charge in [0.25, 0.3) is 0 Å². The maximum atomic E-state index is 10.8. The largest absolute Gasteiger partial charge is 0.460 e. The molecule has 0 aromatic heterocycles. The molecule has 17 heavy (non-hydrogen) atoms. The fourth-order valence-electron chi connectivity index (χ4n) is 0.863. The van der Waals surface area contributed by atoms with E-state index in [9.17, 15) is 9.59 Å². The van der Waals surface area contributed by atoms with Gasteiger partial charge in [0, 0.05) is 6.08 Å². The lowest BCUT2D eigenvalue weighted by Gasteiger charge is -2.04. The van der Waals surface area contributed by atoms with E-state index in [0.29, 0.717) is 33.0 Å². The average molecular weight is 243 g/mol. The van der Waals surface area contributed by atoms with Crippen LogP contribution in [0.4, 0.5) is 0 Å². The Hall–Kier alpha value is -1.49. The van der Waals surface area contributed by atoms with E-state index in [1.807, 2.05) is 0 Å². The van der Waals surface area contributed by atoms with Crippen LogP contribution in [-0.4, -0.2) is 51.6 Å². The lowest BCUT2D eigenvalue weighted by Crippen LogP contribution is -2.12. The fraction of sp³-hybridized carbons (Fsp3) is 0.636. The molecule has 6 nitrogen and oxygen atoms in total. The molecule has 0 atom stereocenters. The standard InChI is InChI=1S/C11H17NO5/c1-2-3-11(14)17-9-8-16-7-6-15-5-4-12-10-13/h2-3H,4-9H2,1H3. The van der Waals surface area contributed by atoms with E-state index in [-0.39, 0.29) is 12.6 Å². The van der Waals surface area contributed by atoms with Crippen molar-refractivity contribution in [3.8, 4) is 0 Å². The minimum Gasteiger partial charge on any atom is -0.460 e. The Morgan fingerprint density at radius 1 is 1.18 bits per heavy atom. The number of esters is 1. The van der Waals surface area contributed by atoms with Gasteiger partial charge < -0.3 is 14.2 Å².